The topological polar surface area (TPSA) is 101 Å². The summed E-state index contributed by atoms with van der Waals surface area (Å²) in [5, 5.41) is 10.9. The van der Waals surface area contributed by atoms with Crippen LogP contribution in [0.1, 0.15) is 10.4 Å². The first-order chi connectivity index (χ1) is 9.27. The molecule has 106 valence electrons. The minimum Gasteiger partial charge on any atom is -0.478 e. The SMILES string of the molecule is C#CCNC(=O)CS(=O)(=O)c1cc(C(=O)O)ccc1F. The van der Waals surface area contributed by atoms with Crippen LogP contribution in [-0.4, -0.2) is 37.7 Å². The van der Waals surface area contributed by atoms with E-state index in [-0.39, 0.29) is 6.54 Å². The second-order valence-electron chi connectivity index (χ2n) is 3.69. The molecule has 0 heterocycles. The second-order valence-corrected chi connectivity index (χ2v) is 5.65. The maximum absolute atomic E-state index is 13.5. The molecule has 8 heteroatoms. The molecule has 2 N–H and O–H groups in total. The lowest BCUT2D eigenvalue weighted by atomic mass is 10.2. The van der Waals surface area contributed by atoms with Gasteiger partial charge in [-0.25, -0.2) is 17.6 Å². The molecule has 1 aromatic rings. The molecule has 6 nitrogen and oxygen atoms in total. The van der Waals surface area contributed by atoms with E-state index in [1.165, 1.54) is 0 Å². The first kappa shape index (κ1) is 15.7. The molecule has 0 bridgehead atoms. The Kier molecular flexibility index (Phi) is 4.83. The second kappa shape index (κ2) is 6.16. The highest BCUT2D eigenvalue weighted by atomic mass is 32.2. The monoisotopic (exact) mass is 299 g/mol. The quantitative estimate of drug-likeness (QED) is 0.748. The van der Waals surface area contributed by atoms with Gasteiger partial charge in [0.05, 0.1) is 12.1 Å². The number of terminal acetylenes is 1. The Morgan fingerprint density at radius 1 is 1.40 bits per heavy atom. The Bertz CT molecular complexity index is 690. The third-order valence-electron chi connectivity index (χ3n) is 2.22. The van der Waals surface area contributed by atoms with Crippen molar-refractivity contribution in [3.63, 3.8) is 0 Å². The van der Waals surface area contributed by atoms with Crippen LogP contribution in [0.2, 0.25) is 0 Å². The highest BCUT2D eigenvalue weighted by molar-refractivity contribution is 7.92. The fraction of sp³-hybridized carbons (Fsp3) is 0.167. The zero-order chi connectivity index (χ0) is 15.3. The summed E-state index contributed by atoms with van der Waals surface area (Å²) in [6, 6.07) is 2.31. The van der Waals surface area contributed by atoms with E-state index in [4.69, 9.17) is 11.5 Å². The van der Waals surface area contributed by atoms with Crippen molar-refractivity contribution in [2.45, 2.75) is 4.90 Å². The van der Waals surface area contributed by atoms with Crippen LogP contribution in [0.4, 0.5) is 4.39 Å². The summed E-state index contributed by atoms with van der Waals surface area (Å²) in [6.45, 7) is -0.161. The molecule has 20 heavy (non-hydrogen) atoms. The van der Waals surface area contributed by atoms with Crippen molar-refractivity contribution < 1.29 is 27.5 Å². The van der Waals surface area contributed by atoms with Crippen molar-refractivity contribution in [1.29, 1.82) is 0 Å². The molecule has 0 saturated carbocycles. The molecule has 0 aliphatic carbocycles. The third kappa shape index (κ3) is 3.80. The van der Waals surface area contributed by atoms with E-state index in [2.05, 4.69) is 11.2 Å². The Morgan fingerprint density at radius 2 is 2.05 bits per heavy atom. The van der Waals surface area contributed by atoms with E-state index >= 15 is 0 Å². The van der Waals surface area contributed by atoms with Gasteiger partial charge in [0.25, 0.3) is 0 Å². The van der Waals surface area contributed by atoms with Crippen molar-refractivity contribution in [1.82, 2.24) is 5.32 Å². The summed E-state index contributed by atoms with van der Waals surface area (Å²) in [7, 11) is -4.30. The summed E-state index contributed by atoms with van der Waals surface area (Å²) >= 11 is 0. The van der Waals surface area contributed by atoms with Gasteiger partial charge in [-0.05, 0) is 18.2 Å². The molecular formula is C12H10FNO5S. The van der Waals surface area contributed by atoms with Gasteiger partial charge >= 0.3 is 5.97 Å². The summed E-state index contributed by atoms with van der Waals surface area (Å²) in [6.07, 6.45) is 4.89. The number of nitrogens with one attached hydrogen (secondary N) is 1. The number of carbonyl (C=O) groups excluding carboxylic acids is 1. The van der Waals surface area contributed by atoms with E-state index in [0.29, 0.717) is 6.07 Å². The number of aromatic carboxylic acids is 1. The van der Waals surface area contributed by atoms with Crippen LogP contribution in [0.15, 0.2) is 23.1 Å². The van der Waals surface area contributed by atoms with Crippen molar-refractivity contribution in [3.8, 4) is 12.3 Å². The maximum Gasteiger partial charge on any atom is 0.335 e. The highest BCUT2D eigenvalue weighted by Crippen LogP contribution is 2.18. The number of carboxylic acids is 1. The normalized spacial score (nSPS) is 10.6. The number of hydrogen-bond donors (Lipinski definition) is 2. The van der Waals surface area contributed by atoms with E-state index in [0.717, 1.165) is 12.1 Å². The third-order valence-corrected chi connectivity index (χ3v) is 3.85. The van der Waals surface area contributed by atoms with Crippen LogP contribution >= 0.6 is 0 Å². The largest absolute Gasteiger partial charge is 0.478 e. The fourth-order valence-corrected chi connectivity index (χ4v) is 2.60. The molecule has 1 amide bonds. The molecule has 0 aliphatic rings. The molecule has 0 fully saturated rings. The van der Waals surface area contributed by atoms with Crippen LogP contribution in [0, 0.1) is 18.2 Å². The lowest BCUT2D eigenvalue weighted by Gasteiger charge is -2.06. The van der Waals surface area contributed by atoms with Gasteiger partial charge in [-0.3, -0.25) is 4.79 Å². The molecule has 0 aliphatic heterocycles. The molecule has 0 radical (unpaired) electrons. The highest BCUT2D eigenvalue weighted by Gasteiger charge is 2.24. The Hall–Kier alpha value is -2.40. The number of hydrogen-bond acceptors (Lipinski definition) is 4. The molecule has 0 atom stereocenters. The minimum atomic E-state index is -4.30. The van der Waals surface area contributed by atoms with Gasteiger partial charge in [0, 0.05) is 0 Å². The van der Waals surface area contributed by atoms with Gasteiger partial charge in [0.1, 0.15) is 16.5 Å². The van der Waals surface area contributed by atoms with Gasteiger partial charge < -0.3 is 10.4 Å². The minimum absolute atomic E-state index is 0.161. The molecular weight excluding hydrogens is 289 g/mol. The lowest BCUT2D eigenvalue weighted by Crippen LogP contribution is -2.30. The summed E-state index contributed by atoms with van der Waals surface area (Å²) in [5.41, 5.74) is -0.394. The maximum atomic E-state index is 13.5. The Morgan fingerprint density at radius 3 is 2.60 bits per heavy atom. The number of sulfone groups is 1. The predicted octanol–water partition coefficient (Wildman–Crippen LogP) is 0.0470. The van der Waals surface area contributed by atoms with Crippen LogP contribution < -0.4 is 5.32 Å². The predicted molar refractivity (Wildman–Crippen MR) is 67.3 cm³/mol. The first-order valence-electron chi connectivity index (χ1n) is 5.23. The summed E-state index contributed by atoms with van der Waals surface area (Å²) < 4.78 is 37.2. The van der Waals surface area contributed by atoms with Crippen LogP contribution in [0.3, 0.4) is 0 Å². The summed E-state index contributed by atoms with van der Waals surface area (Å²) in [4.78, 5) is 21.2. The number of amides is 1. The molecule has 0 spiro atoms. The number of rotatable bonds is 5. The zero-order valence-corrected chi connectivity index (χ0v) is 10.9. The number of halogens is 1. The van der Waals surface area contributed by atoms with Gasteiger partial charge in [-0.15, -0.1) is 6.42 Å². The molecule has 1 aromatic carbocycles. The number of carboxylic acid groups (broad SMARTS) is 1. The number of benzene rings is 1. The van der Waals surface area contributed by atoms with Crippen LogP contribution in [0.5, 0.6) is 0 Å². The van der Waals surface area contributed by atoms with Crippen molar-refractivity contribution in [2.24, 2.45) is 0 Å². The van der Waals surface area contributed by atoms with Crippen LogP contribution in [0.25, 0.3) is 0 Å². The smallest absolute Gasteiger partial charge is 0.335 e. The van der Waals surface area contributed by atoms with E-state index in [1.807, 2.05) is 0 Å². The van der Waals surface area contributed by atoms with Crippen LogP contribution in [-0.2, 0) is 14.6 Å². The fourth-order valence-electron chi connectivity index (χ4n) is 1.33. The van der Waals surface area contributed by atoms with E-state index < -0.39 is 43.7 Å². The lowest BCUT2D eigenvalue weighted by molar-refractivity contribution is -0.118. The average Bonchev–Trinajstić information content (AvgIpc) is 2.35. The van der Waals surface area contributed by atoms with Gasteiger partial charge in [-0.2, -0.15) is 0 Å². The van der Waals surface area contributed by atoms with Gasteiger partial charge in [-0.1, -0.05) is 5.92 Å². The number of carbonyl (C=O) groups is 2. The van der Waals surface area contributed by atoms with Crippen molar-refractivity contribution in [2.75, 3.05) is 12.3 Å². The average molecular weight is 299 g/mol. The Labute approximate surface area is 114 Å². The Balaban J connectivity index is 3.09. The molecule has 0 unspecified atom stereocenters. The molecule has 0 saturated heterocycles. The van der Waals surface area contributed by atoms with Crippen molar-refractivity contribution >= 4 is 21.7 Å². The van der Waals surface area contributed by atoms with E-state index in [1.54, 1.807) is 0 Å². The molecule has 1 rings (SSSR count). The standard InChI is InChI=1S/C12H10FNO5S/c1-2-5-14-11(15)7-20(18,19)10-6-8(12(16)17)3-4-9(10)13/h1,3-4,6H,5,7H2,(H,14,15)(H,16,17). The van der Waals surface area contributed by atoms with Gasteiger partial charge in [0.15, 0.2) is 9.84 Å². The zero-order valence-electron chi connectivity index (χ0n) is 10.1. The first-order valence-corrected chi connectivity index (χ1v) is 6.89. The summed E-state index contributed by atoms with van der Waals surface area (Å²) in [5.74, 6) is -2.37. The van der Waals surface area contributed by atoms with Crippen molar-refractivity contribution in [3.05, 3.63) is 29.6 Å². The molecule has 0 aromatic heterocycles. The van der Waals surface area contributed by atoms with E-state index in [9.17, 15) is 22.4 Å². The van der Waals surface area contributed by atoms with Gasteiger partial charge in [0.2, 0.25) is 5.91 Å².